The van der Waals surface area contributed by atoms with Crippen LogP contribution in [-0.2, 0) is 27.9 Å². The van der Waals surface area contributed by atoms with E-state index in [-0.39, 0.29) is 32.3 Å². The Balaban J connectivity index is 4.18. The van der Waals surface area contributed by atoms with E-state index in [1.807, 2.05) is 0 Å². The molecule has 0 amide bonds. The number of allylic oxidation sites excluding steroid dienone is 6. The second-order valence-corrected chi connectivity index (χ2v) is 11.7. The number of hydrogen-bond donors (Lipinski definition) is 2. The predicted molar refractivity (Wildman–Crippen MR) is 169 cm³/mol. The highest BCUT2D eigenvalue weighted by Crippen LogP contribution is 2.43. The highest BCUT2D eigenvalue weighted by molar-refractivity contribution is 7.47. The molecule has 9 heteroatoms. The Morgan fingerprint density at radius 3 is 2.05 bits per heavy atom. The molecule has 0 aromatic rings. The summed E-state index contributed by atoms with van der Waals surface area (Å²) in [4.78, 5) is 22.2. The topological polar surface area (TPSA) is 117 Å². The molecule has 8 nitrogen and oxygen atoms in total. The molecule has 0 saturated heterocycles. The van der Waals surface area contributed by atoms with Gasteiger partial charge in [-0.2, -0.15) is 0 Å². The van der Waals surface area contributed by atoms with Crippen molar-refractivity contribution >= 4 is 13.8 Å². The largest absolute Gasteiger partial charge is 0.472 e. The molecule has 41 heavy (non-hydrogen) atoms. The van der Waals surface area contributed by atoms with Crippen molar-refractivity contribution in [1.82, 2.24) is 0 Å². The van der Waals surface area contributed by atoms with Crippen LogP contribution >= 0.6 is 7.82 Å². The number of unbranched alkanes of at least 4 members (excludes halogenated alkanes) is 11. The van der Waals surface area contributed by atoms with Gasteiger partial charge in [0.05, 0.1) is 19.8 Å². The molecule has 0 radical (unpaired) electrons. The van der Waals surface area contributed by atoms with E-state index in [1.165, 1.54) is 32.1 Å². The van der Waals surface area contributed by atoms with Crippen molar-refractivity contribution in [2.24, 2.45) is 5.73 Å². The van der Waals surface area contributed by atoms with Gasteiger partial charge in [-0.05, 0) is 44.9 Å². The normalized spacial score (nSPS) is 14.3. The Morgan fingerprint density at radius 1 is 0.756 bits per heavy atom. The molecule has 0 heterocycles. The summed E-state index contributed by atoms with van der Waals surface area (Å²) in [6.07, 6.45) is 30.2. The number of carbonyl (C=O) groups is 1. The fraction of sp³-hybridized carbons (Fsp3) is 0.781. The van der Waals surface area contributed by atoms with Gasteiger partial charge in [-0.3, -0.25) is 13.8 Å². The highest BCUT2D eigenvalue weighted by Gasteiger charge is 2.25. The molecule has 0 aliphatic carbocycles. The van der Waals surface area contributed by atoms with E-state index in [0.717, 1.165) is 70.6 Å². The van der Waals surface area contributed by atoms with Gasteiger partial charge in [0.1, 0.15) is 6.10 Å². The van der Waals surface area contributed by atoms with Crippen LogP contribution in [0.2, 0.25) is 0 Å². The summed E-state index contributed by atoms with van der Waals surface area (Å²) >= 11 is 0. The number of carbonyl (C=O) groups excluding carboxylic acids is 1. The Labute approximate surface area is 250 Å². The number of rotatable bonds is 30. The molecule has 0 saturated carbocycles. The van der Waals surface area contributed by atoms with Gasteiger partial charge in [0.15, 0.2) is 0 Å². The lowest BCUT2D eigenvalue weighted by molar-refractivity contribution is -0.154. The van der Waals surface area contributed by atoms with Crippen LogP contribution in [0, 0.1) is 0 Å². The van der Waals surface area contributed by atoms with Crippen molar-refractivity contribution in [1.29, 1.82) is 0 Å². The molecule has 0 aromatic heterocycles. The van der Waals surface area contributed by atoms with Gasteiger partial charge in [-0.15, -0.1) is 0 Å². The summed E-state index contributed by atoms with van der Waals surface area (Å²) in [5, 5.41) is 0. The van der Waals surface area contributed by atoms with Crippen LogP contribution in [0.5, 0.6) is 0 Å². The van der Waals surface area contributed by atoms with Crippen molar-refractivity contribution in [3.63, 3.8) is 0 Å². The smallest absolute Gasteiger partial charge is 0.457 e. The van der Waals surface area contributed by atoms with Gasteiger partial charge >= 0.3 is 13.8 Å². The van der Waals surface area contributed by atoms with Gasteiger partial charge in [-0.25, -0.2) is 4.57 Å². The Morgan fingerprint density at radius 2 is 1.37 bits per heavy atom. The van der Waals surface area contributed by atoms with E-state index >= 15 is 0 Å². The Hall–Kier alpha value is -1.28. The first-order valence-corrected chi connectivity index (χ1v) is 17.5. The Bertz CT molecular complexity index is 727. The summed E-state index contributed by atoms with van der Waals surface area (Å²) in [6, 6.07) is 0. The van der Waals surface area contributed by atoms with Gasteiger partial charge in [0.2, 0.25) is 0 Å². The molecule has 2 atom stereocenters. The zero-order valence-corrected chi connectivity index (χ0v) is 26.9. The van der Waals surface area contributed by atoms with Crippen LogP contribution in [0.1, 0.15) is 123 Å². The first-order chi connectivity index (χ1) is 19.9. The van der Waals surface area contributed by atoms with Crippen LogP contribution in [0.4, 0.5) is 0 Å². The number of ether oxygens (including phenoxy) is 2. The number of esters is 1. The molecule has 0 aliphatic rings. The average Bonchev–Trinajstić information content (AvgIpc) is 2.96. The number of nitrogens with two attached hydrogens (primary N) is 1. The van der Waals surface area contributed by atoms with Crippen molar-refractivity contribution in [2.45, 2.75) is 129 Å². The standard InChI is InChI=1S/C32H60NO7P/c1-3-5-7-9-11-13-14-15-16-17-18-20-22-24-27-37-29-31(30-39-41(35,36)38-28-26-33)40-32(34)25-23-21-19-12-10-8-6-4-2/h5,7,11,13,15-16,31H,3-4,6,8-10,12,14,17-30,33H2,1-2H3,(H,35,36)/b7-5-,13-11-,16-15-. The lowest BCUT2D eigenvalue weighted by atomic mass is 10.1. The first kappa shape index (κ1) is 39.7. The van der Waals surface area contributed by atoms with Crippen molar-refractivity contribution in [3.05, 3.63) is 36.5 Å². The quantitative estimate of drug-likeness (QED) is 0.0365. The van der Waals surface area contributed by atoms with Crippen LogP contribution in [0.25, 0.3) is 0 Å². The SMILES string of the molecule is CC/C=C\C/C=C\C/C=C\CCCCCCOCC(COP(=O)(O)OCCN)OC(=O)CCCCCCCCCC. The van der Waals surface area contributed by atoms with E-state index in [1.54, 1.807) is 0 Å². The fourth-order valence-electron chi connectivity index (χ4n) is 4.01. The summed E-state index contributed by atoms with van der Waals surface area (Å²) < 4.78 is 33.0. The van der Waals surface area contributed by atoms with Crippen molar-refractivity contribution in [3.8, 4) is 0 Å². The van der Waals surface area contributed by atoms with E-state index in [9.17, 15) is 14.3 Å². The predicted octanol–water partition coefficient (Wildman–Crippen LogP) is 8.35. The summed E-state index contributed by atoms with van der Waals surface area (Å²) in [6.45, 7) is 4.69. The van der Waals surface area contributed by atoms with E-state index in [0.29, 0.717) is 13.0 Å². The molecule has 2 unspecified atom stereocenters. The summed E-state index contributed by atoms with van der Waals surface area (Å²) in [5.74, 6) is -0.347. The van der Waals surface area contributed by atoms with E-state index in [2.05, 4.69) is 50.3 Å². The maximum Gasteiger partial charge on any atom is 0.472 e. The van der Waals surface area contributed by atoms with E-state index in [4.69, 9.17) is 24.3 Å². The van der Waals surface area contributed by atoms with Gasteiger partial charge in [0, 0.05) is 19.6 Å². The molecule has 0 aliphatic heterocycles. The van der Waals surface area contributed by atoms with E-state index < -0.39 is 13.9 Å². The zero-order valence-electron chi connectivity index (χ0n) is 26.0. The number of phosphoric ester groups is 1. The lowest BCUT2D eigenvalue weighted by Crippen LogP contribution is -2.28. The van der Waals surface area contributed by atoms with Crippen molar-refractivity contribution < 1.29 is 32.8 Å². The van der Waals surface area contributed by atoms with Gasteiger partial charge in [-0.1, -0.05) is 108 Å². The van der Waals surface area contributed by atoms with Crippen molar-refractivity contribution in [2.75, 3.05) is 33.0 Å². The number of phosphoric acid groups is 1. The second kappa shape index (κ2) is 30.2. The third-order valence-electron chi connectivity index (χ3n) is 6.32. The maximum absolute atomic E-state index is 12.4. The molecule has 240 valence electrons. The van der Waals surface area contributed by atoms with Crippen LogP contribution in [0.15, 0.2) is 36.5 Å². The average molecular weight is 602 g/mol. The summed E-state index contributed by atoms with van der Waals surface area (Å²) in [7, 11) is -4.26. The third-order valence-corrected chi connectivity index (χ3v) is 7.31. The van der Waals surface area contributed by atoms with Crippen LogP contribution in [0.3, 0.4) is 0 Å². The number of hydrogen-bond acceptors (Lipinski definition) is 7. The maximum atomic E-state index is 12.4. The van der Waals surface area contributed by atoms with Gasteiger partial charge in [0.25, 0.3) is 0 Å². The molecular weight excluding hydrogens is 541 g/mol. The molecule has 0 bridgehead atoms. The molecule has 0 spiro atoms. The second-order valence-electron chi connectivity index (χ2n) is 10.3. The molecule has 0 aromatic carbocycles. The molecule has 3 N–H and O–H groups in total. The highest BCUT2D eigenvalue weighted by atomic mass is 31.2. The third kappa shape index (κ3) is 30.0. The Kier molecular flexibility index (Phi) is 29.2. The van der Waals surface area contributed by atoms with Gasteiger partial charge < -0.3 is 20.1 Å². The van der Waals surface area contributed by atoms with Crippen LogP contribution in [-0.4, -0.2) is 49.9 Å². The molecule has 0 rings (SSSR count). The minimum absolute atomic E-state index is 0.0961. The molecular formula is C32H60NO7P. The minimum atomic E-state index is -4.26. The molecule has 0 fully saturated rings. The van der Waals surface area contributed by atoms with Crippen LogP contribution < -0.4 is 5.73 Å². The minimum Gasteiger partial charge on any atom is -0.457 e. The fourth-order valence-corrected chi connectivity index (χ4v) is 4.77. The first-order valence-electron chi connectivity index (χ1n) is 16.0. The lowest BCUT2D eigenvalue weighted by Gasteiger charge is -2.20. The summed E-state index contributed by atoms with van der Waals surface area (Å²) in [5.41, 5.74) is 5.32. The monoisotopic (exact) mass is 601 g/mol. The zero-order chi connectivity index (χ0) is 30.3.